The Hall–Kier alpha value is -2.86. The number of carbonyl (C=O) groups excluding carboxylic acids is 2. The second-order valence-electron chi connectivity index (χ2n) is 8.26. The summed E-state index contributed by atoms with van der Waals surface area (Å²) < 4.78 is 24.1. The summed E-state index contributed by atoms with van der Waals surface area (Å²) in [6, 6.07) is 13.2. The van der Waals surface area contributed by atoms with Crippen LogP contribution in [-0.4, -0.2) is 29.7 Å². The molecule has 4 atom stereocenters. The molecular weight excluding hydrogens is 372 g/mol. The quantitative estimate of drug-likeness (QED) is 0.719. The van der Waals surface area contributed by atoms with Gasteiger partial charge in [-0.1, -0.05) is 30.3 Å². The van der Waals surface area contributed by atoms with Crippen LogP contribution in [0.25, 0.3) is 0 Å². The summed E-state index contributed by atoms with van der Waals surface area (Å²) in [5.74, 6) is 0.394. The van der Waals surface area contributed by atoms with Gasteiger partial charge in [-0.05, 0) is 31.5 Å². The zero-order chi connectivity index (χ0) is 20.3. The lowest BCUT2D eigenvalue weighted by Gasteiger charge is -2.31. The fourth-order valence-corrected chi connectivity index (χ4v) is 4.58. The first-order chi connectivity index (χ1) is 13.8. The fraction of sp³-hybridized carbons (Fsp3) is 0.391. The van der Waals surface area contributed by atoms with E-state index >= 15 is 0 Å². The van der Waals surface area contributed by atoms with E-state index in [1.807, 2.05) is 44.2 Å². The summed E-state index contributed by atoms with van der Waals surface area (Å²) in [7, 11) is 0. The van der Waals surface area contributed by atoms with Crippen molar-refractivity contribution in [1.82, 2.24) is 0 Å². The van der Waals surface area contributed by atoms with Gasteiger partial charge in [0.15, 0.2) is 5.78 Å². The lowest BCUT2D eigenvalue weighted by molar-refractivity contribution is -0.159. The molecule has 0 bridgehead atoms. The normalized spacial score (nSPS) is 28.6. The number of fused-ring (bicyclic) bond motifs is 5. The second kappa shape index (κ2) is 6.32. The van der Waals surface area contributed by atoms with E-state index in [0.29, 0.717) is 17.1 Å². The first kappa shape index (κ1) is 18.2. The van der Waals surface area contributed by atoms with Crippen molar-refractivity contribution in [1.29, 1.82) is 0 Å². The van der Waals surface area contributed by atoms with Crippen LogP contribution in [0.4, 0.5) is 0 Å². The summed E-state index contributed by atoms with van der Waals surface area (Å²) in [4.78, 5) is 24.7. The Morgan fingerprint density at radius 2 is 1.86 bits per heavy atom. The number of Topliss-reactive ketones (excluding diaryl/α,β-unsaturated/α-hetero) is 1. The Kier molecular flexibility index (Phi) is 3.96. The third kappa shape index (κ3) is 2.82. The maximum Gasteiger partial charge on any atom is 0.303 e. The van der Waals surface area contributed by atoms with E-state index in [1.54, 1.807) is 12.1 Å². The van der Waals surface area contributed by atoms with Crippen molar-refractivity contribution in [2.24, 2.45) is 0 Å². The van der Waals surface area contributed by atoms with Gasteiger partial charge in [-0.2, -0.15) is 0 Å². The van der Waals surface area contributed by atoms with Crippen LogP contribution in [0.1, 0.15) is 60.7 Å². The topological polar surface area (TPSA) is 71.1 Å². The minimum Gasteiger partial charge on any atom is -0.484 e. The summed E-state index contributed by atoms with van der Waals surface area (Å²) in [6.45, 7) is 5.12. The van der Waals surface area contributed by atoms with Gasteiger partial charge >= 0.3 is 5.97 Å². The van der Waals surface area contributed by atoms with Crippen LogP contribution in [0.5, 0.6) is 11.5 Å². The third-order valence-electron chi connectivity index (χ3n) is 5.85. The molecule has 2 aromatic carbocycles. The molecule has 6 nitrogen and oxygen atoms in total. The minimum absolute atomic E-state index is 0.0218. The number of rotatable bonds is 2. The molecule has 0 saturated carbocycles. The highest BCUT2D eigenvalue weighted by Gasteiger charge is 2.59. The van der Waals surface area contributed by atoms with Gasteiger partial charge in [-0.15, -0.1) is 0 Å². The van der Waals surface area contributed by atoms with Crippen molar-refractivity contribution < 1.29 is 28.5 Å². The number of benzene rings is 2. The summed E-state index contributed by atoms with van der Waals surface area (Å²) in [6.07, 6.45) is -1.23. The van der Waals surface area contributed by atoms with Gasteiger partial charge in [0.2, 0.25) is 6.29 Å². The SMILES string of the molecule is CC(=O)O[C@H]1[C@H]2c3c(ccc4c3O[C@H](c3ccccc3)CC4=O)O[C@@H]2OC1(C)C. The molecule has 1 fully saturated rings. The van der Waals surface area contributed by atoms with Crippen LogP contribution in [0, 0.1) is 0 Å². The highest BCUT2D eigenvalue weighted by molar-refractivity contribution is 6.01. The van der Waals surface area contributed by atoms with E-state index in [0.717, 1.165) is 11.1 Å². The molecule has 1 saturated heterocycles. The Labute approximate surface area is 168 Å². The molecule has 0 unspecified atom stereocenters. The lowest BCUT2D eigenvalue weighted by atomic mass is 9.85. The van der Waals surface area contributed by atoms with Gasteiger partial charge < -0.3 is 18.9 Å². The molecule has 3 heterocycles. The lowest BCUT2D eigenvalue weighted by Crippen LogP contribution is -2.38. The summed E-state index contributed by atoms with van der Waals surface area (Å²) >= 11 is 0. The maximum atomic E-state index is 12.9. The summed E-state index contributed by atoms with van der Waals surface area (Å²) in [5, 5.41) is 0. The standard InChI is InChI=1S/C23H22O6/c1-12(24)26-21-19-18-16(28-22(19)29-23(21,2)3)10-9-14-15(25)11-17(27-20(14)18)13-7-5-4-6-8-13/h4-10,17,19,21-22H,11H2,1-3H3/t17-,19+,21-,22+/m0/s1. The highest BCUT2D eigenvalue weighted by atomic mass is 16.7. The van der Waals surface area contributed by atoms with E-state index in [4.69, 9.17) is 18.9 Å². The van der Waals surface area contributed by atoms with Crippen LogP contribution < -0.4 is 9.47 Å². The minimum atomic E-state index is -0.723. The molecule has 29 heavy (non-hydrogen) atoms. The number of hydrogen-bond donors (Lipinski definition) is 0. The first-order valence-electron chi connectivity index (χ1n) is 9.78. The van der Waals surface area contributed by atoms with Gasteiger partial charge in [0.05, 0.1) is 23.5 Å². The number of carbonyl (C=O) groups is 2. The molecule has 0 amide bonds. The smallest absolute Gasteiger partial charge is 0.303 e. The molecule has 5 rings (SSSR count). The zero-order valence-corrected chi connectivity index (χ0v) is 16.5. The van der Waals surface area contributed by atoms with Crippen molar-refractivity contribution in [3.05, 3.63) is 59.2 Å². The zero-order valence-electron chi connectivity index (χ0n) is 16.5. The number of ether oxygens (including phenoxy) is 4. The van der Waals surface area contributed by atoms with Crippen LogP contribution in [0.2, 0.25) is 0 Å². The van der Waals surface area contributed by atoms with Crippen molar-refractivity contribution in [2.45, 2.75) is 57.2 Å². The molecule has 6 heteroatoms. The van der Waals surface area contributed by atoms with Crippen LogP contribution in [-0.2, 0) is 14.3 Å². The molecule has 0 spiro atoms. The second-order valence-corrected chi connectivity index (χ2v) is 8.26. The Morgan fingerprint density at radius 3 is 2.59 bits per heavy atom. The van der Waals surface area contributed by atoms with E-state index in [1.165, 1.54) is 6.92 Å². The van der Waals surface area contributed by atoms with Gasteiger partial charge in [-0.25, -0.2) is 0 Å². The van der Waals surface area contributed by atoms with Crippen LogP contribution >= 0.6 is 0 Å². The molecule has 0 aliphatic carbocycles. The van der Waals surface area contributed by atoms with Gasteiger partial charge in [0, 0.05) is 6.92 Å². The van der Waals surface area contributed by atoms with Gasteiger partial charge in [0.25, 0.3) is 0 Å². The predicted octanol–water partition coefficient (Wildman–Crippen LogP) is 3.94. The molecule has 0 radical (unpaired) electrons. The maximum absolute atomic E-state index is 12.9. The first-order valence-corrected chi connectivity index (χ1v) is 9.78. The van der Waals surface area contributed by atoms with E-state index < -0.39 is 18.0 Å². The molecule has 0 aromatic heterocycles. The van der Waals surface area contributed by atoms with Gasteiger partial charge in [0.1, 0.15) is 29.3 Å². The predicted molar refractivity (Wildman–Crippen MR) is 103 cm³/mol. The fourth-order valence-electron chi connectivity index (χ4n) is 4.58. The molecule has 2 aromatic rings. The molecule has 3 aliphatic heterocycles. The Morgan fingerprint density at radius 1 is 1.10 bits per heavy atom. The number of hydrogen-bond acceptors (Lipinski definition) is 6. The van der Waals surface area contributed by atoms with E-state index in [-0.39, 0.29) is 30.2 Å². The molecule has 150 valence electrons. The van der Waals surface area contributed by atoms with Crippen molar-refractivity contribution in [2.75, 3.05) is 0 Å². The third-order valence-corrected chi connectivity index (χ3v) is 5.85. The average Bonchev–Trinajstić information content (AvgIpc) is 3.14. The highest BCUT2D eigenvalue weighted by Crippen LogP contribution is 2.56. The molecule has 3 aliphatic rings. The number of ketones is 1. The van der Waals surface area contributed by atoms with E-state index in [2.05, 4.69) is 0 Å². The summed E-state index contributed by atoms with van der Waals surface area (Å²) in [5.41, 5.74) is 1.50. The van der Waals surface area contributed by atoms with Gasteiger partial charge in [-0.3, -0.25) is 9.59 Å². The number of esters is 1. The van der Waals surface area contributed by atoms with E-state index in [9.17, 15) is 9.59 Å². The Bertz CT molecular complexity index is 996. The monoisotopic (exact) mass is 394 g/mol. The van der Waals surface area contributed by atoms with Crippen molar-refractivity contribution in [3.63, 3.8) is 0 Å². The average molecular weight is 394 g/mol. The van der Waals surface area contributed by atoms with Crippen molar-refractivity contribution >= 4 is 11.8 Å². The largest absolute Gasteiger partial charge is 0.484 e. The molecular formula is C23H22O6. The Balaban J connectivity index is 1.60. The van der Waals surface area contributed by atoms with Crippen LogP contribution in [0.15, 0.2) is 42.5 Å². The van der Waals surface area contributed by atoms with Crippen LogP contribution in [0.3, 0.4) is 0 Å². The van der Waals surface area contributed by atoms with Crippen molar-refractivity contribution in [3.8, 4) is 11.5 Å². The molecule has 0 N–H and O–H groups in total.